The molecule has 0 bridgehead atoms. The van der Waals surface area contributed by atoms with Crippen molar-refractivity contribution in [1.82, 2.24) is 4.98 Å². The lowest BCUT2D eigenvalue weighted by molar-refractivity contribution is -0.117. The number of rotatable bonds is 2. The van der Waals surface area contributed by atoms with E-state index in [-0.39, 0.29) is 18.9 Å². The predicted molar refractivity (Wildman–Crippen MR) is 70.5 cm³/mol. The molecule has 2 heterocycles. The molecule has 1 aliphatic rings. The molecule has 2 N–H and O–H groups in total. The van der Waals surface area contributed by atoms with Gasteiger partial charge in [-0.2, -0.15) is 0 Å². The van der Waals surface area contributed by atoms with E-state index in [0.717, 1.165) is 0 Å². The molecule has 1 fully saturated rings. The molecule has 1 amide bonds. The van der Waals surface area contributed by atoms with Crippen LogP contribution in [0.3, 0.4) is 0 Å². The van der Waals surface area contributed by atoms with Crippen molar-refractivity contribution in [1.29, 1.82) is 0 Å². The van der Waals surface area contributed by atoms with Crippen molar-refractivity contribution in [2.75, 3.05) is 11.4 Å². The number of carbonyl (C=O) groups excluding carboxylic acids is 1. The van der Waals surface area contributed by atoms with E-state index in [1.807, 2.05) is 0 Å². The Balaban J connectivity index is 2.33. The standard InChI is InChI=1S/C10H12BrN3O3S/c1-6-8(2-3-9(11)13-6)14-5-7(4-10(14)15)18(12,16)17/h2-3,7H,4-5H2,1H3,(H2,12,16,17). The van der Waals surface area contributed by atoms with Crippen molar-refractivity contribution in [3.63, 3.8) is 0 Å². The average molecular weight is 334 g/mol. The maximum Gasteiger partial charge on any atom is 0.228 e. The minimum Gasteiger partial charge on any atom is -0.309 e. The van der Waals surface area contributed by atoms with Crippen LogP contribution >= 0.6 is 15.9 Å². The second kappa shape index (κ2) is 4.60. The summed E-state index contributed by atoms with van der Waals surface area (Å²) in [5.74, 6) is -0.249. The monoisotopic (exact) mass is 333 g/mol. The van der Waals surface area contributed by atoms with Gasteiger partial charge in [-0.05, 0) is 35.0 Å². The number of nitrogens with zero attached hydrogens (tertiary/aromatic N) is 2. The molecule has 0 aromatic carbocycles. The van der Waals surface area contributed by atoms with E-state index in [2.05, 4.69) is 20.9 Å². The topological polar surface area (TPSA) is 93.4 Å². The summed E-state index contributed by atoms with van der Waals surface area (Å²) in [5, 5.41) is 4.24. The first-order valence-electron chi connectivity index (χ1n) is 5.24. The van der Waals surface area contributed by atoms with Gasteiger partial charge in [0.15, 0.2) is 0 Å². The Bertz CT molecular complexity index is 602. The van der Waals surface area contributed by atoms with Gasteiger partial charge in [-0.25, -0.2) is 18.5 Å². The molecule has 0 spiro atoms. The lowest BCUT2D eigenvalue weighted by Gasteiger charge is -2.18. The number of hydrogen-bond acceptors (Lipinski definition) is 4. The Morgan fingerprint density at radius 2 is 2.17 bits per heavy atom. The quantitative estimate of drug-likeness (QED) is 0.799. The van der Waals surface area contributed by atoms with Crippen molar-refractivity contribution >= 4 is 37.5 Å². The van der Waals surface area contributed by atoms with E-state index in [1.54, 1.807) is 19.1 Å². The van der Waals surface area contributed by atoms with E-state index in [1.165, 1.54) is 4.90 Å². The molecule has 0 aliphatic carbocycles. The number of amides is 1. The van der Waals surface area contributed by atoms with Crippen LogP contribution in [0.15, 0.2) is 16.7 Å². The molecule has 1 aliphatic heterocycles. The maximum atomic E-state index is 11.8. The summed E-state index contributed by atoms with van der Waals surface area (Å²) in [6, 6.07) is 3.44. The van der Waals surface area contributed by atoms with Crippen LogP contribution in [0.4, 0.5) is 5.69 Å². The first-order chi connectivity index (χ1) is 8.29. The third-order valence-corrected chi connectivity index (χ3v) is 4.56. The molecule has 1 aromatic rings. The molecule has 1 saturated heterocycles. The van der Waals surface area contributed by atoms with Gasteiger partial charge in [0.05, 0.1) is 11.4 Å². The van der Waals surface area contributed by atoms with Gasteiger partial charge < -0.3 is 4.90 Å². The Labute approximate surface area is 113 Å². The van der Waals surface area contributed by atoms with Gasteiger partial charge in [-0.3, -0.25) is 4.79 Å². The van der Waals surface area contributed by atoms with Crippen molar-refractivity contribution in [3.8, 4) is 0 Å². The van der Waals surface area contributed by atoms with Gasteiger partial charge in [-0.15, -0.1) is 0 Å². The number of halogens is 1. The highest BCUT2D eigenvalue weighted by molar-refractivity contribution is 9.10. The lowest BCUT2D eigenvalue weighted by atomic mass is 10.3. The number of primary sulfonamides is 1. The van der Waals surface area contributed by atoms with Crippen molar-refractivity contribution in [2.24, 2.45) is 5.14 Å². The van der Waals surface area contributed by atoms with E-state index in [4.69, 9.17) is 5.14 Å². The highest BCUT2D eigenvalue weighted by Gasteiger charge is 2.37. The fourth-order valence-electron chi connectivity index (χ4n) is 1.94. The molecule has 18 heavy (non-hydrogen) atoms. The smallest absolute Gasteiger partial charge is 0.228 e. The zero-order chi connectivity index (χ0) is 13.5. The van der Waals surface area contributed by atoms with Crippen molar-refractivity contribution in [3.05, 3.63) is 22.4 Å². The fourth-order valence-corrected chi connectivity index (χ4v) is 3.07. The molecule has 6 nitrogen and oxygen atoms in total. The van der Waals surface area contributed by atoms with Crippen LogP contribution in [-0.2, 0) is 14.8 Å². The second-order valence-corrected chi connectivity index (χ2v) is 6.82. The fraction of sp³-hybridized carbons (Fsp3) is 0.400. The highest BCUT2D eigenvalue weighted by atomic mass is 79.9. The van der Waals surface area contributed by atoms with Crippen LogP contribution in [0.2, 0.25) is 0 Å². The van der Waals surface area contributed by atoms with Gasteiger partial charge in [0, 0.05) is 13.0 Å². The minimum atomic E-state index is -3.69. The molecule has 0 radical (unpaired) electrons. The number of aromatic nitrogens is 1. The molecule has 1 atom stereocenters. The summed E-state index contributed by atoms with van der Waals surface area (Å²) in [6.45, 7) is 1.85. The van der Waals surface area contributed by atoms with Gasteiger partial charge in [0.2, 0.25) is 15.9 Å². The molecular formula is C10H12BrN3O3S. The largest absolute Gasteiger partial charge is 0.309 e. The molecular weight excluding hydrogens is 322 g/mol. The minimum absolute atomic E-state index is 0.0751. The van der Waals surface area contributed by atoms with Gasteiger partial charge in [-0.1, -0.05) is 0 Å². The van der Waals surface area contributed by atoms with E-state index in [0.29, 0.717) is 16.0 Å². The summed E-state index contributed by atoms with van der Waals surface area (Å²) < 4.78 is 23.2. The van der Waals surface area contributed by atoms with Gasteiger partial charge in [0.25, 0.3) is 0 Å². The van der Waals surface area contributed by atoms with Crippen LogP contribution in [0.25, 0.3) is 0 Å². The lowest BCUT2D eigenvalue weighted by Crippen LogP contribution is -2.32. The number of sulfonamides is 1. The van der Waals surface area contributed by atoms with Crippen LogP contribution in [0.5, 0.6) is 0 Å². The number of aryl methyl sites for hydroxylation is 1. The maximum absolute atomic E-state index is 11.8. The summed E-state index contributed by atoms with van der Waals surface area (Å²) in [4.78, 5) is 17.4. The second-order valence-electron chi connectivity index (χ2n) is 4.16. The third kappa shape index (κ3) is 2.55. The van der Waals surface area contributed by atoms with E-state index < -0.39 is 15.3 Å². The van der Waals surface area contributed by atoms with Gasteiger partial charge in [0.1, 0.15) is 9.85 Å². The number of pyridine rings is 1. The summed E-state index contributed by atoms with van der Waals surface area (Å²) >= 11 is 3.23. The Kier molecular flexibility index (Phi) is 3.43. The first-order valence-corrected chi connectivity index (χ1v) is 7.64. The molecule has 2 rings (SSSR count). The van der Waals surface area contributed by atoms with Crippen molar-refractivity contribution < 1.29 is 13.2 Å². The summed E-state index contributed by atoms with van der Waals surface area (Å²) in [5.41, 5.74) is 1.28. The summed E-state index contributed by atoms with van der Waals surface area (Å²) in [6.07, 6.45) is -0.0751. The molecule has 0 saturated carbocycles. The van der Waals surface area contributed by atoms with E-state index >= 15 is 0 Å². The first kappa shape index (κ1) is 13.4. The molecule has 1 unspecified atom stereocenters. The Hall–Kier alpha value is -0.990. The Morgan fingerprint density at radius 1 is 1.50 bits per heavy atom. The number of hydrogen-bond donors (Lipinski definition) is 1. The normalized spacial score (nSPS) is 20.5. The zero-order valence-electron chi connectivity index (χ0n) is 9.63. The molecule has 8 heteroatoms. The average Bonchev–Trinajstić information content (AvgIpc) is 2.60. The number of anilines is 1. The van der Waals surface area contributed by atoms with Crippen LogP contribution < -0.4 is 10.0 Å². The van der Waals surface area contributed by atoms with Crippen molar-refractivity contribution in [2.45, 2.75) is 18.6 Å². The third-order valence-electron chi connectivity index (χ3n) is 2.87. The molecule has 1 aromatic heterocycles. The highest BCUT2D eigenvalue weighted by Crippen LogP contribution is 2.27. The SMILES string of the molecule is Cc1nc(Br)ccc1N1CC(S(N)(=O)=O)CC1=O. The Morgan fingerprint density at radius 3 is 2.67 bits per heavy atom. The summed E-state index contributed by atoms with van der Waals surface area (Å²) in [7, 11) is -3.69. The van der Waals surface area contributed by atoms with E-state index in [9.17, 15) is 13.2 Å². The van der Waals surface area contributed by atoms with Crippen LogP contribution in [-0.4, -0.2) is 31.1 Å². The van der Waals surface area contributed by atoms with Crippen LogP contribution in [0.1, 0.15) is 12.1 Å². The number of carbonyl (C=O) groups is 1. The predicted octanol–water partition coefficient (Wildman–Crippen LogP) is 0.546. The zero-order valence-corrected chi connectivity index (χ0v) is 12.0. The number of nitrogens with two attached hydrogens (primary N) is 1. The van der Waals surface area contributed by atoms with Crippen LogP contribution in [0, 0.1) is 6.92 Å². The molecule has 98 valence electrons. The van der Waals surface area contributed by atoms with Gasteiger partial charge >= 0.3 is 0 Å².